The number of rotatable bonds is 3. The number of benzene rings is 2. The van der Waals surface area contributed by atoms with Crippen molar-refractivity contribution in [3.05, 3.63) is 65.1 Å². The summed E-state index contributed by atoms with van der Waals surface area (Å²) in [5.41, 5.74) is 4.19. The molecule has 1 aliphatic rings. The summed E-state index contributed by atoms with van der Waals surface area (Å²) in [5.74, 6) is 0.846. The molecule has 0 unspecified atom stereocenters. The molecule has 2 heterocycles. The highest BCUT2D eigenvalue weighted by Crippen LogP contribution is 2.28. The molecule has 1 aromatic heterocycles. The molecule has 2 aromatic carbocycles. The number of nitrogens with zero attached hydrogens (tertiary/aromatic N) is 3. The molecule has 0 saturated carbocycles. The zero-order valence-corrected chi connectivity index (χ0v) is 15.6. The predicted octanol–water partition coefficient (Wildman–Crippen LogP) is 5.56. The first-order valence-electron chi connectivity index (χ1n) is 8.75. The zero-order chi connectivity index (χ0) is 17.1. The average Bonchev–Trinajstić information content (AvgIpc) is 2.69. The van der Waals surface area contributed by atoms with Gasteiger partial charge in [0.25, 0.3) is 0 Å². The van der Waals surface area contributed by atoms with Crippen LogP contribution in [-0.4, -0.2) is 23.1 Å². The normalized spacial score (nSPS) is 14.5. The molecule has 0 atom stereocenters. The van der Waals surface area contributed by atoms with Gasteiger partial charge in [-0.2, -0.15) is 0 Å². The number of hydrogen-bond donors (Lipinski definition) is 0. The number of piperidine rings is 1. The fourth-order valence-corrected chi connectivity index (χ4v) is 3.46. The Morgan fingerprint density at radius 2 is 1.32 bits per heavy atom. The van der Waals surface area contributed by atoms with Crippen LogP contribution in [0.3, 0.4) is 0 Å². The summed E-state index contributed by atoms with van der Waals surface area (Å²) in [6.07, 6.45) is 3.73. The van der Waals surface area contributed by atoms with Gasteiger partial charge in [-0.3, -0.25) is 0 Å². The van der Waals surface area contributed by atoms with Gasteiger partial charge in [-0.25, -0.2) is 9.97 Å². The Hall–Kier alpha value is -2.20. The van der Waals surface area contributed by atoms with E-state index in [-0.39, 0.29) is 0 Å². The molecular weight excluding hydrogens is 374 g/mol. The van der Waals surface area contributed by atoms with E-state index in [4.69, 9.17) is 9.97 Å². The maximum Gasteiger partial charge on any atom is 0.226 e. The van der Waals surface area contributed by atoms with Gasteiger partial charge in [-0.1, -0.05) is 58.4 Å². The molecule has 4 heteroatoms. The van der Waals surface area contributed by atoms with Crippen molar-refractivity contribution in [2.45, 2.75) is 19.3 Å². The number of anilines is 1. The van der Waals surface area contributed by atoms with Gasteiger partial charge in [-0.05, 0) is 37.5 Å². The molecule has 3 nitrogen and oxygen atoms in total. The number of halogens is 1. The third-order valence-corrected chi connectivity index (χ3v) is 5.09. The Morgan fingerprint density at radius 1 is 0.720 bits per heavy atom. The molecule has 126 valence electrons. The van der Waals surface area contributed by atoms with Gasteiger partial charge in [0.15, 0.2) is 0 Å². The smallest absolute Gasteiger partial charge is 0.226 e. The second kappa shape index (κ2) is 7.36. The summed E-state index contributed by atoms with van der Waals surface area (Å²) in [6.45, 7) is 2.08. The molecule has 0 spiro atoms. The maximum absolute atomic E-state index is 4.88. The first kappa shape index (κ1) is 16.3. The van der Waals surface area contributed by atoms with Crippen LogP contribution in [0.15, 0.2) is 65.1 Å². The van der Waals surface area contributed by atoms with Gasteiger partial charge < -0.3 is 4.90 Å². The topological polar surface area (TPSA) is 29.0 Å². The first-order valence-corrected chi connectivity index (χ1v) is 9.54. The van der Waals surface area contributed by atoms with E-state index in [1.807, 2.05) is 6.07 Å². The molecule has 4 rings (SSSR count). The molecule has 3 aromatic rings. The van der Waals surface area contributed by atoms with Crippen molar-refractivity contribution in [3.63, 3.8) is 0 Å². The highest BCUT2D eigenvalue weighted by molar-refractivity contribution is 9.10. The third kappa shape index (κ3) is 3.74. The summed E-state index contributed by atoms with van der Waals surface area (Å²) >= 11 is 3.51. The first-order chi connectivity index (χ1) is 12.3. The molecule has 25 heavy (non-hydrogen) atoms. The van der Waals surface area contributed by atoms with Crippen molar-refractivity contribution in [1.82, 2.24) is 9.97 Å². The lowest BCUT2D eigenvalue weighted by Crippen LogP contribution is -2.31. The van der Waals surface area contributed by atoms with Crippen LogP contribution in [0.4, 0.5) is 5.95 Å². The largest absolute Gasteiger partial charge is 0.341 e. The van der Waals surface area contributed by atoms with Crippen molar-refractivity contribution >= 4 is 21.9 Å². The highest BCUT2D eigenvalue weighted by Gasteiger charge is 2.16. The zero-order valence-electron chi connectivity index (χ0n) is 14.0. The van der Waals surface area contributed by atoms with Gasteiger partial charge >= 0.3 is 0 Å². The number of hydrogen-bond acceptors (Lipinski definition) is 3. The highest BCUT2D eigenvalue weighted by atomic mass is 79.9. The Morgan fingerprint density at radius 3 is 1.96 bits per heavy atom. The van der Waals surface area contributed by atoms with E-state index in [0.717, 1.165) is 46.0 Å². The number of aromatic nitrogens is 2. The van der Waals surface area contributed by atoms with E-state index in [2.05, 4.69) is 75.4 Å². The van der Waals surface area contributed by atoms with Crippen molar-refractivity contribution in [2.24, 2.45) is 0 Å². The van der Waals surface area contributed by atoms with Gasteiger partial charge in [0.1, 0.15) is 0 Å². The molecule has 0 bridgehead atoms. The summed E-state index contributed by atoms with van der Waals surface area (Å²) in [4.78, 5) is 12.1. The van der Waals surface area contributed by atoms with E-state index in [1.165, 1.54) is 19.3 Å². The van der Waals surface area contributed by atoms with Crippen LogP contribution in [0.1, 0.15) is 19.3 Å². The van der Waals surface area contributed by atoms with Crippen LogP contribution in [-0.2, 0) is 0 Å². The fourth-order valence-electron chi connectivity index (χ4n) is 3.20. The van der Waals surface area contributed by atoms with Crippen LogP contribution in [0.2, 0.25) is 0 Å². The molecule has 1 saturated heterocycles. The van der Waals surface area contributed by atoms with E-state index in [0.29, 0.717) is 0 Å². The van der Waals surface area contributed by atoms with Crippen molar-refractivity contribution in [1.29, 1.82) is 0 Å². The van der Waals surface area contributed by atoms with Crippen molar-refractivity contribution < 1.29 is 0 Å². The predicted molar refractivity (Wildman–Crippen MR) is 107 cm³/mol. The van der Waals surface area contributed by atoms with Crippen molar-refractivity contribution in [2.75, 3.05) is 18.0 Å². The third-order valence-electron chi connectivity index (χ3n) is 4.56. The lowest BCUT2D eigenvalue weighted by Gasteiger charge is -2.27. The second-order valence-electron chi connectivity index (χ2n) is 6.36. The van der Waals surface area contributed by atoms with Crippen LogP contribution in [0.25, 0.3) is 22.5 Å². The standard InChI is InChI=1S/C21H20BrN3/c22-18-11-9-17(10-12-18)20-15-19(16-7-3-1-4-8-16)23-21(24-20)25-13-5-2-6-14-25/h1,3-4,7-12,15H,2,5-6,13-14H2. The summed E-state index contributed by atoms with van der Waals surface area (Å²) in [7, 11) is 0. The molecule has 0 aliphatic carbocycles. The Balaban J connectivity index is 1.81. The Labute approximate surface area is 156 Å². The van der Waals surface area contributed by atoms with E-state index in [9.17, 15) is 0 Å². The summed E-state index contributed by atoms with van der Waals surface area (Å²) in [5, 5.41) is 0. The molecule has 0 N–H and O–H groups in total. The fraction of sp³-hybridized carbons (Fsp3) is 0.238. The molecule has 1 fully saturated rings. The second-order valence-corrected chi connectivity index (χ2v) is 7.27. The minimum atomic E-state index is 0.846. The monoisotopic (exact) mass is 393 g/mol. The lowest BCUT2D eigenvalue weighted by atomic mass is 10.1. The Kier molecular flexibility index (Phi) is 4.79. The minimum Gasteiger partial charge on any atom is -0.341 e. The van der Waals surface area contributed by atoms with Crippen LogP contribution in [0.5, 0.6) is 0 Å². The van der Waals surface area contributed by atoms with E-state index >= 15 is 0 Å². The minimum absolute atomic E-state index is 0.846. The van der Waals surface area contributed by atoms with Crippen LogP contribution in [0, 0.1) is 0 Å². The summed E-state index contributed by atoms with van der Waals surface area (Å²) in [6, 6.07) is 20.7. The SMILES string of the molecule is Brc1ccc(-c2cc(-c3ccccc3)nc(N3CCCCC3)n2)cc1. The van der Waals surface area contributed by atoms with Gasteiger partial charge in [0, 0.05) is 28.7 Å². The lowest BCUT2D eigenvalue weighted by molar-refractivity contribution is 0.568. The van der Waals surface area contributed by atoms with E-state index in [1.54, 1.807) is 0 Å². The van der Waals surface area contributed by atoms with Gasteiger partial charge in [-0.15, -0.1) is 0 Å². The van der Waals surface area contributed by atoms with Gasteiger partial charge in [0.2, 0.25) is 5.95 Å². The molecular formula is C21H20BrN3. The van der Waals surface area contributed by atoms with Gasteiger partial charge in [0.05, 0.1) is 11.4 Å². The molecule has 0 radical (unpaired) electrons. The van der Waals surface area contributed by atoms with Crippen LogP contribution < -0.4 is 4.90 Å². The maximum atomic E-state index is 4.88. The molecule has 0 amide bonds. The van der Waals surface area contributed by atoms with E-state index < -0.39 is 0 Å². The average molecular weight is 394 g/mol. The van der Waals surface area contributed by atoms with Crippen molar-refractivity contribution in [3.8, 4) is 22.5 Å². The molecule has 1 aliphatic heterocycles. The Bertz CT molecular complexity index is 841. The quantitative estimate of drug-likeness (QED) is 0.582. The summed E-state index contributed by atoms with van der Waals surface area (Å²) < 4.78 is 1.07. The van der Waals surface area contributed by atoms with Crippen LogP contribution >= 0.6 is 15.9 Å².